The Balaban J connectivity index is 1.66. The van der Waals surface area contributed by atoms with Crippen LogP contribution in [0.25, 0.3) is 15.6 Å². The monoisotopic (exact) mass is 378 g/mol. The number of aliphatic hydroxyl groups excluding tert-OH is 1. The molecular formula is C22H22N2O2S. The smallest absolute Gasteiger partial charge is 0.224 e. The molecule has 1 unspecified atom stereocenters. The van der Waals surface area contributed by atoms with Crippen molar-refractivity contribution in [1.82, 2.24) is 0 Å². The van der Waals surface area contributed by atoms with Crippen LogP contribution >= 0.6 is 11.3 Å². The van der Waals surface area contributed by atoms with Crippen LogP contribution in [-0.4, -0.2) is 37.5 Å². The lowest BCUT2D eigenvalue weighted by atomic mass is 10.0. The summed E-state index contributed by atoms with van der Waals surface area (Å²) in [6, 6.07) is 14.9. The van der Waals surface area contributed by atoms with Gasteiger partial charge in [-0.15, -0.1) is 11.3 Å². The first-order valence-corrected chi connectivity index (χ1v) is 9.96. The first-order chi connectivity index (χ1) is 13.2. The molecule has 0 amide bonds. The zero-order chi connectivity index (χ0) is 18.8. The minimum absolute atomic E-state index is 0.0121. The second-order valence-electron chi connectivity index (χ2n) is 6.88. The van der Waals surface area contributed by atoms with Gasteiger partial charge in [0.15, 0.2) is 0 Å². The molecule has 0 radical (unpaired) electrons. The molecule has 4 rings (SSSR count). The quantitative estimate of drug-likeness (QED) is 0.677. The molecule has 1 atom stereocenters. The number of nitrogens with zero attached hydrogens (tertiary/aromatic N) is 2. The third-order valence-corrected chi connectivity index (χ3v) is 6.30. The van der Waals surface area contributed by atoms with Crippen LogP contribution in [-0.2, 0) is 11.2 Å². The molecule has 0 spiro atoms. The largest absolute Gasteiger partial charge is 0.394 e. The van der Waals surface area contributed by atoms with E-state index in [1.54, 1.807) is 11.3 Å². The van der Waals surface area contributed by atoms with Crippen molar-refractivity contribution in [3.8, 4) is 0 Å². The van der Waals surface area contributed by atoms with E-state index in [0.29, 0.717) is 13.2 Å². The van der Waals surface area contributed by atoms with E-state index in [1.165, 1.54) is 21.2 Å². The van der Waals surface area contributed by atoms with Gasteiger partial charge in [-0.2, -0.15) is 0 Å². The number of ether oxygens (including phenoxy) is 1. The third kappa shape index (κ3) is 3.57. The minimum Gasteiger partial charge on any atom is -0.394 e. The molecule has 138 valence electrons. The number of anilines is 1. The molecule has 1 N–H and O–H groups in total. The van der Waals surface area contributed by atoms with Gasteiger partial charge in [-0.1, -0.05) is 42.5 Å². The highest BCUT2D eigenvalue weighted by Crippen LogP contribution is 2.44. The Morgan fingerprint density at radius 1 is 1.26 bits per heavy atom. The van der Waals surface area contributed by atoms with E-state index in [1.807, 2.05) is 0 Å². The van der Waals surface area contributed by atoms with Crippen molar-refractivity contribution < 1.29 is 9.84 Å². The maximum absolute atomic E-state index is 9.41. The topological polar surface area (TPSA) is 37.1 Å². The Hall–Kier alpha value is -2.39. The van der Waals surface area contributed by atoms with Crippen LogP contribution in [0.5, 0.6) is 0 Å². The van der Waals surface area contributed by atoms with Crippen molar-refractivity contribution in [1.29, 1.82) is 0 Å². The number of rotatable bonds is 4. The molecule has 0 aliphatic carbocycles. The van der Waals surface area contributed by atoms with Gasteiger partial charge >= 0.3 is 0 Å². The maximum atomic E-state index is 9.41. The van der Waals surface area contributed by atoms with Crippen LogP contribution < -0.4 is 4.90 Å². The predicted octanol–water partition coefficient (Wildman–Crippen LogP) is 4.55. The molecule has 5 heteroatoms. The first-order valence-electron chi connectivity index (χ1n) is 9.14. The van der Waals surface area contributed by atoms with Gasteiger partial charge < -0.3 is 14.7 Å². The molecule has 1 aliphatic rings. The number of fused-ring (bicyclic) bond motifs is 1. The minimum atomic E-state index is -0.177. The molecule has 1 aromatic heterocycles. The molecule has 0 bridgehead atoms. The van der Waals surface area contributed by atoms with Gasteiger partial charge in [-0.25, -0.2) is 4.85 Å². The molecule has 27 heavy (non-hydrogen) atoms. The van der Waals surface area contributed by atoms with E-state index >= 15 is 0 Å². The third-order valence-electron chi connectivity index (χ3n) is 5.10. The van der Waals surface area contributed by atoms with Gasteiger partial charge in [0.25, 0.3) is 0 Å². The average Bonchev–Trinajstić information content (AvgIpc) is 3.03. The second-order valence-corrected chi connectivity index (χ2v) is 8.09. The summed E-state index contributed by atoms with van der Waals surface area (Å²) < 4.78 is 5.56. The summed E-state index contributed by atoms with van der Waals surface area (Å²) in [6.45, 7) is 11.9. The summed E-state index contributed by atoms with van der Waals surface area (Å²) in [7, 11) is 0. The molecule has 1 aliphatic heterocycles. The predicted molar refractivity (Wildman–Crippen MR) is 111 cm³/mol. The van der Waals surface area contributed by atoms with Gasteiger partial charge in [0, 0.05) is 13.1 Å². The standard InChI is InChI=1S/C22H22N2O2S/c1-15-20(12-16-7-8-17-5-3-4-6-18(17)11-16)21(23-2)22(27-15)24-9-10-26-19(13-24)14-25/h3-8,11,19,25H,9-10,12-14H2,1H3. The molecule has 3 aromatic rings. The fourth-order valence-corrected chi connectivity index (χ4v) is 4.80. The summed E-state index contributed by atoms with van der Waals surface area (Å²) in [4.78, 5) is 7.28. The van der Waals surface area contributed by atoms with Crippen molar-refractivity contribution in [3.63, 3.8) is 0 Å². The van der Waals surface area contributed by atoms with E-state index in [4.69, 9.17) is 11.3 Å². The Morgan fingerprint density at radius 2 is 2.07 bits per heavy atom. The van der Waals surface area contributed by atoms with Gasteiger partial charge in [0.1, 0.15) is 0 Å². The Bertz CT molecular complexity index is 1010. The van der Waals surface area contributed by atoms with Crippen LogP contribution in [0.15, 0.2) is 42.5 Å². The number of morpholine rings is 1. The zero-order valence-electron chi connectivity index (χ0n) is 15.3. The van der Waals surface area contributed by atoms with Gasteiger partial charge in [0.2, 0.25) is 5.69 Å². The highest BCUT2D eigenvalue weighted by atomic mass is 32.1. The summed E-state index contributed by atoms with van der Waals surface area (Å²) in [5.41, 5.74) is 3.10. The van der Waals surface area contributed by atoms with Crippen molar-refractivity contribution in [2.24, 2.45) is 0 Å². The lowest BCUT2D eigenvalue weighted by Gasteiger charge is -2.33. The van der Waals surface area contributed by atoms with Crippen LogP contribution in [0.4, 0.5) is 10.7 Å². The highest BCUT2D eigenvalue weighted by molar-refractivity contribution is 7.17. The van der Waals surface area contributed by atoms with Crippen molar-refractivity contribution >= 4 is 32.8 Å². The normalized spacial score (nSPS) is 17.2. The lowest BCUT2D eigenvalue weighted by Crippen LogP contribution is -2.43. The number of benzene rings is 2. The zero-order valence-corrected chi connectivity index (χ0v) is 16.1. The van der Waals surface area contributed by atoms with Crippen LogP contribution in [0, 0.1) is 13.5 Å². The summed E-state index contributed by atoms with van der Waals surface area (Å²) in [5.74, 6) is 0. The van der Waals surface area contributed by atoms with Gasteiger partial charge in [-0.3, -0.25) is 0 Å². The fraction of sp³-hybridized carbons (Fsp3) is 0.318. The Morgan fingerprint density at radius 3 is 2.85 bits per heavy atom. The number of thiophene rings is 1. The maximum Gasteiger partial charge on any atom is 0.224 e. The van der Waals surface area contributed by atoms with Crippen molar-refractivity contribution in [2.45, 2.75) is 19.4 Å². The summed E-state index contributed by atoms with van der Waals surface area (Å²) >= 11 is 1.68. The molecular weight excluding hydrogens is 356 g/mol. The van der Waals surface area contributed by atoms with E-state index in [2.05, 4.69) is 59.1 Å². The number of hydrogen-bond donors (Lipinski definition) is 1. The number of aryl methyl sites for hydroxylation is 1. The van der Waals surface area contributed by atoms with Crippen molar-refractivity contribution in [2.75, 3.05) is 31.2 Å². The van der Waals surface area contributed by atoms with Crippen molar-refractivity contribution in [3.05, 3.63) is 69.9 Å². The number of hydrogen-bond acceptors (Lipinski definition) is 4. The van der Waals surface area contributed by atoms with E-state index < -0.39 is 0 Å². The Labute approximate surface area is 163 Å². The highest BCUT2D eigenvalue weighted by Gasteiger charge is 2.26. The lowest BCUT2D eigenvalue weighted by molar-refractivity contribution is 0.00378. The molecule has 2 heterocycles. The van der Waals surface area contributed by atoms with Crippen LogP contribution in [0.2, 0.25) is 0 Å². The van der Waals surface area contributed by atoms with E-state index in [-0.39, 0.29) is 12.7 Å². The van der Waals surface area contributed by atoms with E-state index in [9.17, 15) is 5.11 Å². The second kappa shape index (κ2) is 7.69. The SMILES string of the molecule is [C-]#[N+]c1c(N2CCOC(CO)C2)sc(C)c1Cc1ccc2ccccc2c1. The van der Waals surface area contributed by atoms with Gasteiger partial charge in [0.05, 0.1) is 30.9 Å². The van der Waals surface area contributed by atoms with Gasteiger partial charge in [-0.05, 0) is 40.1 Å². The van der Waals surface area contributed by atoms with Crippen LogP contribution in [0.3, 0.4) is 0 Å². The molecule has 2 aromatic carbocycles. The Kier molecular flexibility index (Phi) is 5.13. The fourth-order valence-electron chi connectivity index (χ4n) is 3.66. The molecule has 4 nitrogen and oxygen atoms in total. The van der Waals surface area contributed by atoms with E-state index in [0.717, 1.165) is 29.2 Å². The summed E-state index contributed by atoms with van der Waals surface area (Å²) in [5, 5.41) is 12.9. The first kappa shape index (κ1) is 18.0. The number of aliphatic hydroxyl groups is 1. The summed E-state index contributed by atoms with van der Waals surface area (Å²) in [6.07, 6.45) is 0.585. The molecule has 0 saturated carbocycles. The average molecular weight is 378 g/mol. The molecule has 1 fully saturated rings. The molecule has 1 saturated heterocycles. The van der Waals surface area contributed by atoms with Crippen LogP contribution in [0.1, 0.15) is 16.0 Å².